The van der Waals surface area contributed by atoms with Crippen molar-refractivity contribution >= 4 is 5.82 Å². The van der Waals surface area contributed by atoms with Crippen LogP contribution < -0.4 is 10.1 Å². The molecule has 0 aliphatic heterocycles. The molecule has 5 nitrogen and oxygen atoms in total. The van der Waals surface area contributed by atoms with Crippen LogP contribution in [0, 0.1) is 11.3 Å². The lowest BCUT2D eigenvalue weighted by molar-refractivity contribution is 0.404. The van der Waals surface area contributed by atoms with Gasteiger partial charge in [0.2, 0.25) is 0 Å². The minimum atomic E-state index is -0.225. The van der Waals surface area contributed by atoms with E-state index in [0.29, 0.717) is 11.5 Å². The predicted octanol–water partition coefficient (Wildman–Crippen LogP) is 2.79. The van der Waals surface area contributed by atoms with Crippen LogP contribution in [0.25, 0.3) is 0 Å². The predicted molar refractivity (Wildman–Crippen MR) is 81.1 cm³/mol. The number of hydrogen-bond acceptors (Lipinski definition) is 5. The Bertz CT molecular complexity index is 644. The molecule has 5 heteroatoms. The number of hydrogen-bond donors (Lipinski definition) is 1. The molecule has 0 aliphatic rings. The van der Waals surface area contributed by atoms with Crippen LogP contribution in [0.4, 0.5) is 5.82 Å². The first kappa shape index (κ1) is 14.8. The van der Waals surface area contributed by atoms with Gasteiger partial charge in [0.1, 0.15) is 17.6 Å². The summed E-state index contributed by atoms with van der Waals surface area (Å²) in [6.07, 6.45) is 0.776. The van der Waals surface area contributed by atoms with Crippen LogP contribution in [-0.4, -0.2) is 22.8 Å². The van der Waals surface area contributed by atoms with Crippen molar-refractivity contribution in [2.24, 2.45) is 0 Å². The van der Waals surface area contributed by atoms with Gasteiger partial charge in [-0.25, -0.2) is 0 Å². The highest BCUT2D eigenvalue weighted by Crippen LogP contribution is 2.24. The zero-order chi connectivity index (χ0) is 15.3. The maximum atomic E-state index is 8.73. The average Bonchev–Trinajstić information content (AvgIpc) is 2.47. The molecule has 1 heterocycles. The highest BCUT2D eigenvalue weighted by atomic mass is 16.5. The quantitative estimate of drug-likeness (QED) is 0.913. The van der Waals surface area contributed by atoms with Crippen molar-refractivity contribution in [3.63, 3.8) is 0 Å². The summed E-state index contributed by atoms with van der Waals surface area (Å²) in [7, 11) is 1.67. The molecule has 0 spiro atoms. The fourth-order valence-electron chi connectivity index (χ4n) is 2.17. The van der Waals surface area contributed by atoms with Gasteiger partial charge in [-0.3, -0.25) is 0 Å². The van der Waals surface area contributed by atoms with Gasteiger partial charge in [0.25, 0.3) is 0 Å². The summed E-state index contributed by atoms with van der Waals surface area (Å²) in [5, 5.41) is 19.9. The van der Waals surface area contributed by atoms with Gasteiger partial charge in [-0.15, -0.1) is 10.2 Å². The highest BCUT2D eigenvalue weighted by molar-refractivity contribution is 5.40. The van der Waals surface area contributed by atoms with E-state index < -0.39 is 0 Å². The van der Waals surface area contributed by atoms with Gasteiger partial charge in [-0.2, -0.15) is 5.26 Å². The topological polar surface area (TPSA) is 70.8 Å². The van der Waals surface area contributed by atoms with E-state index in [9.17, 15) is 0 Å². The second-order valence-electron chi connectivity index (χ2n) is 5.41. The third-order valence-corrected chi connectivity index (χ3v) is 3.07. The van der Waals surface area contributed by atoms with Crippen molar-refractivity contribution in [3.8, 4) is 11.8 Å². The summed E-state index contributed by atoms with van der Waals surface area (Å²) in [5.41, 5.74) is 1.21. The molecule has 0 bridgehead atoms. The van der Waals surface area contributed by atoms with E-state index in [4.69, 9.17) is 10.00 Å². The van der Waals surface area contributed by atoms with Gasteiger partial charge in [-0.05, 0) is 44.0 Å². The molecule has 0 atom stereocenters. The molecule has 0 saturated carbocycles. The summed E-state index contributed by atoms with van der Waals surface area (Å²) in [5.74, 6) is 1.52. The summed E-state index contributed by atoms with van der Waals surface area (Å²) >= 11 is 0. The Hall–Kier alpha value is -2.61. The molecule has 1 N–H and O–H groups in total. The zero-order valence-electron chi connectivity index (χ0n) is 12.4. The van der Waals surface area contributed by atoms with Crippen molar-refractivity contribution in [2.45, 2.75) is 25.8 Å². The molecule has 0 amide bonds. The number of rotatable bonds is 5. The molecule has 0 saturated heterocycles. The Kier molecular flexibility index (Phi) is 4.39. The standard InChI is InChI=1S/C16H18N4O/c1-16(2,10-12-6-4-5-7-14(12)21-3)18-15-9-8-13(11-17)19-20-15/h4-9H,10H2,1-3H3,(H,18,20). The number of benzene rings is 1. The van der Waals surface area contributed by atoms with E-state index >= 15 is 0 Å². The number of aromatic nitrogens is 2. The van der Waals surface area contributed by atoms with Gasteiger partial charge in [0, 0.05) is 5.54 Å². The van der Waals surface area contributed by atoms with E-state index in [1.807, 2.05) is 30.3 Å². The lowest BCUT2D eigenvalue weighted by Crippen LogP contribution is -2.34. The number of nitriles is 1. The van der Waals surface area contributed by atoms with Crippen molar-refractivity contribution < 1.29 is 4.74 Å². The molecule has 108 valence electrons. The number of nitrogens with one attached hydrogen (secondary N) is 1. The molecule has 2 aromatic rings. The van der Waals surface area contributed by atoms with E-state index in [1.165, 1.54) is 0 Å². The molecular formula is C16H18N4O. The number of nitrogens with zero attached hydrogens (tertiary/aromatic N) is 3. The Morgan fingerprint density at radius 3 is 2.57 bits per heavy atom. The largest absolute Gasteiger partial charge is 0.496 e. The van der Waals surface area contributed by atoms with Crippen LogP contribution in [0.3, 0.4) is 0 Å². The number of methoxy groups -OCH3 is 1. The Balaban J connectivity index is 2.12. The average molecular weight is 282 g/mol. The van der Waals surface area contributed by atoms with Crippen LogP contribution in [0.2, 0.25) is 0 Å². The van der Waals surface area contributed by atoms with Crippen LogP contribution in [0.15, 0.2) is 36.4 Å². The van der Waals surface area contributed by atoms with E-state index in [2.05, 4.69) is 29.4 Å². The minimum absolute atomic E-state index is 0.225. The van der Waals surface area contributed by atoms with Crippen molar-refractivity contribution in [1.29, 1.82) is 5.26 Å². The van der Waals surface area contributed by atoms with Gasteiger partial charge in [-0.1, -0.05) is 18.2 Å². The molecular weight excluding hydrogens is 264 g/mol. The molecule has 0 aliphatic carbocycles. The summed E-state index contributed by atoms with van der Waals surface area (Å²) in [6.45, 7) is 4.17. The fraction of sp³-hybridized carbons (Fsp3) is 0.312. The maximum Gasteiger partial charge on any atom is 0.163 e. The molecule has 2 rings (SSSR count). The number of anilines is 1. The first-order valence-electron chi connectivity index (χ1n) is 6.68. The molecule has 0 radical (unpaired) electrons. The lowest BCUT2D eigenvalue weighted by Gasteiger charge is -2.27. The van der Waals surface area contributed by atoms with E-state index in [-0.39, 0.29) is 5.54 Å². The Labute approximate surface area is 124 Å². The molecule has 1 aromatic heterocycles. The van der Waals surface area contributed by atoms with E-state index in [0.717, 1.165) is 17.7 Å². The van der Waals surface area contributed by atoms with Crippen molar-refractivity contribution in [2.75, 3.05) is 12.4 Å². The lowest BCUT2D eigenvalue weighted by atomic mass is 9.94. The third kappa shape index (κ3) is 3.93. The van der Waals surface area contributed by atoms with Gasteiger partial charge in [0.05, 0.1) is 7.11 Å². The molecule has 0 unspecified atom stereocenters. The summed E-state index contributed by atoms with van der Waals surface area (Å²) in [6, 6.07) is 13.3. The first-order chi connectivity index (χ1) is 10.0. The van der Waals surface area contributed by atoms with Gasteiger partial charge >= 0.3 is 0 Å². The maximum absolute atomic E-state index is 8.73. The van der Waals surface area contributed by atoms with Crippen LogP contribution in [-0.2, 0) is 6.42 Å². The van der Waals surface area contributed by atoms with Gasteiger partial charge < -0.3 is 10.1 Å². The highest BCUT2D eigenvalue weighted by Gasteiger charge is 2.20. The number of para-hydroxylation sites is 1. The van der Waals surface area contributed by atoms with Crippen LogP contribution in [0.1, 0.15) is 25.1 Å². The molecule has 1 aromatic carbocycles. The van der Waals surface area contributed by atoms with Gasteiger partial charge in [0.15, 0.2) is 5.69 Å². The first-order valence-corrected chi connectivity index (χ1v) is 6.68. The minimum Gasteiger partial charge on any atom is -0.496 e. The zero-order valence-corrected chi connectivity index (χ0v) is 12.4. The second kappa shape index (κ2) is 6.23. The van der Waals surface area contributed by atoms with Crippen molar-refractivity contribution in [1.82, 2.24) is 10.2 Å². The fourth-order valence-corrected chi connectivity index (χ4v) is 2.17. The van der Waals surface area contributed by atoms with Crippen molar-refractivity contribution in [3.05, 3.63) is 47.7 Å². The van der Waals surface area contributed by atoms with Crippen LogP contribution in [0.5, 0.6) is 5.75 Å². The summed E-state index contributed by atoms with van der Waals surface area (Å²) in [4.78, 5) is 0. The second-order valence-corrected chi connectivity index (χ2v) is 5.41. The smallest absolute Gasteiger partial charge is 0.163 e. The number of ether oxygens (including phenoxy) is 1. The van der Waals surface area contributed by atoms with Crippen LogP contribution >= 0.6 is 0 Å². The Morgan fingerprint density at radius 1 is 1.19 bits per heavy atom. The Morgan fingerprint density at radius 2 is 1.95 bits per heavy atom. The monoisotopic (exact) mass is 282 g/mol. The summed E-state index contributed by atoms with van der Waals surface area (Å²) < 4.78 is 5.38. The third-order valence-electron chi connectivity index (χ3n) is 3.07. The molecule has 21 heavy (non-hydrogen) atoms. The SMILES string of the molecule is COc1ccccc1CC(C)(C)Nc1ccc(C#N)nn1. The normalized spacial score (nSPS) is 10.8. The molecule has 0 fully saturated rings. The van der Waals surface area contributed by atoms with E-state index in [1.54, 1.807) is 19.2 Å².